The first-order chi connectivity index (χ1) is 14.3. The first-order valence-electron chi connectivity index (χ1n) is 9.48. The third-order valence-electron chi connectivity index (χ3n) is 5.05. The van der Waals surface area contributed by atoms with E-state index in [0.29, 0.717) is 34.3 Å². The molecule has 2 aromatic rings. The van der Waals surface area contributed by atoms with Crippen molar-refractivity contribution in [3.05, 3.63) is 53.1 Å². The highest BCUT2D eigenvalue weighted by Gasteiger charge is 2.37. The molecule has 1 unspecified atom stereocenters. The highest BCUT2D eigenvalue weighted by molar-refractivity contribution is 8.01. The number of carbonyl (C=O) groups is 2. The van der Waals surface area contributed by atoms with Gasteiger partial charge in [0.1, 0.15) is 0 Å². The number of thioether (sulfide) groups is 1. The van der Waals surface area contributed by atoms with Crippen LogP contribution in [0.3, 0.4) is 0 Å². The van der Waals surface area contributed by atoms with E-state index >= 15 is 0 Å². The molecule has 2 heterocycles. The maximum absolute atomic E-state index is 12.7. The van der Waals surface area contributed by atoms with Crippen LogP contribution in [0.15, 0.2) is 52.3 Å². The summed E-state index contributed by atoms with van der Waals surface area (Å²) in [6.45, 7) is 1.39. The van der Waals surface area contributed by atoms with E-state index in [4.69, 9.17) is 11.6 Å². The number of sulfonamides is 1. The van der Waals surface area contributed by atoms with Crippen LogP contribution in [0, 0.1) is 0 Å². The Morgan fingerprint density at radius 2 is 1.93 bits per heavy atom. The minimum atomic E-state index is -3.81. The number of carbonyl (C=O) groups excluding carboxylic acids is 2. The highest BCUT2D eigenvalue weighted by Crippen LogP contribution is 2.38. The molecule has 0 radical (unpaired) electrons. The minimum absolute atomic E-state index is 0.0264. The van der Waals surface area contributed by atoms with E-state index in [0.717, 1.165) is 24.6 Å². The van der Waals surface area contributed by atoms with Crippen molar-refractivity contribution in [2.75, 3.05) is 18.4 Å². The van der Waals surface area contributed by atoms with Crippen LogP contribution >= 0.6 is 23.4 Å². The second-order valence-corrected chi connectivity index (χ2v) is 10.4. The van der Waals surface area contributed by atoms with Crippen LogP contribution in [0.25, 0.3) is 0 Å². The number of halogens is 1. The van der Waals surface area contributed by atoms with Crippen molar-refractivity contribution in [3.63, 3.8) is 0 Å². The van der Waals surface area contributed by atoms with E-state index in [1.54, 1.807) is 35.2 Å². The van der Waals surface area contributed by atoms with Crippen LogP contribution in [0.4, 0.5) is 5.69 Å². The van der Waals surface area contributed by atoms with E-state index in [1.165, 1.54) is 12.1 Å². The summed E-state index contributed by atoms with van der Waals surface area (Å²) in [6.07, 6.45) is 1.90. The summed E-state index contributed by atoms with van der Waals surface area (Å²) in [5.41, 5.74) is 1.05. The summed E-state index contributed by atoms with van der Waals surface area (Å²) < 4.78 is 27.9. The molecular weight excluding hydrogens is 446 g/mol. The topological polar surface area (TPSA) is 95.6 Å². The average Bonchev–Trinajstić information content (AvgIpc) is 3.27. The number of anilines is 1. The zero-order valence-corrected chi connectivity index (χ0v) is 18.3. The van der Waals surface area contributed by atoms with E-state index in [9.17, 15) is 18.0 Å². The molecule has 1 atom stereocenters. The molecule has 4 rings (SSSR count). The van der Waals surface area contributed by atoms with Crippen molar-refractivity contribution in [2.45, 2.75) is 34.4 Å². The molecule has 2 N–H and O–H groups in total. The predicted octanol–water partition coefficient (Wildman–Crippen LogP) is 2.85. The fourth-order valence-electron chi connectivity index (χ4n) is 3.42. The number of benzene rings is 2. The van der Waals surface area contributed by atoms with Gasteiger partial charge in [-0.15, -0.1) is 11.8 Å². The van der Waals surface area contributed by atoms with Crippen molar-refractivity contribution < 1.29 is 18.0 Å². The molecule has 30 heavy (non-hydrogen) atoms. The van der Waals surface area contributed by atoms with Gasteiger partial charge in [-0.2, -0.15) is 0 Å². The molecule has 7 nitrogen and oxygen atoms in total. The largest absolute Gasteiger partial charge is 0.341 e. The van der Waals surface area contributed by atoms with Crippen molar-refractivity contribution in [1.29, 1.82) is 0 Å². The molecule has 0 spiro atoms. The van der Waals surface area contributed by atoms with Crippen LogP contribution in [0.1, 0.15) is 18.4 Å². The summed E-state index contributed by atoms with van der Waals surface area (Å²) in [7, 11) is -3.81. The number of fused-ring (bicyclic) bond motifs is 1. The predicted molar refractivity (Wildman–Crippen MR) is 116 cm³/mol. The Labute approximate surface area is 184 Å². The number of hydrogen-bond donors (Lipinski definition) is 2. The number of likely N-dealkylation sites (tertiary alicyclic amines) is 1. The fraction of sp³-hybridized carbons (Fsp3) is 0.300. The standard InChI is InChI=1S/C20H20ClN3O4S2/c21-15-6-2-1-5-13(15)12-22-30(27,28)14-7-8-17-16(11-14)23-19(25)18(29-17)20(26)24-9-3-4-10-24/h1-2,5-8,11,18,22H,3-4,9-10,12H2,(H,23,25). The van der Waals surface area contributed by atoms with Crippen LogP contribution < -0.4 is 10.0 Å². The number of hydrogen-bond acceptors (Lipinski definition) is 5. The van der Waals surface area contributed by atoms with Crippen molar-refractivity contribution in [2.24, 2.45) is 0 Å². The van der Waals surface area contributed by atoms with E-state index in [1.807, 2.05) is 0 Å². The molecule has 0 aromatic heterocycles. The lowest BCUT2D eigenvalue weighted by Gasteiger charge is -2.27. The van der Waals surface area contributed by atoms with E-state index in [-0.39, 0.29) is 17.3 Å². The SMILES string of the molecule is O=C1Nc2cc(S(=O)(=O)NCc3ccccc3Cl)ccc2SC1C(=O)N1CCCC1. The van der Waals surface area contributed by atoms with Gasteiger partial charge < -0.3 is 10.2 Å². The molecule has 2 aromatic carbocycles. The van der Waals surface area contributed by atoms with Crippen LogP contribution in [0.2, 0.25) is 5.02 Å². The molecule has 0 saturated carbocycles. The number of amides is 2. The van der Waals surface area contributed by atoms with Gasteiger partial charge in [-0.1, -0.05) is 29.8 Å². The number of nitrogens with zero attached hydrogens (tertiary/aromatic N) is 1. The van der Waals surface area contributed by atoms with Crippen molar-refractivity contribution in [3.8, 4) is 0 Å². The lowest BCUT2D eigenvalue weighted by Crippen LogP contribution is -2.43. The molecule has 0 aliphatic carbocycles. The molecule has 1 fully saturated rings. The third-order valence-corrected chi connectivity index (χ3v) is 8.08. The van der Waals surface area contributed by atoms with Gasteiger partial charge in [0.15, 0.2) is 5.25 Å². The molecule has 158 valence electrons. The first-order valence-corrected chi connectivity index (χ1v) is 12.2. The zero-order chi connectivity index (χ0) is 21.3. The Hall–Kier alpha value is -2.07. The Bertz CT molecular complexity index is 1100. The van der Waals surface area contributed by atoms with Gasteiger partial charge in [-0.25, -0.2) is 13.1 Å². The molecule has 2 aliphatic rings. The molecule has 10 heteroatoms. The van der Waals surface area contributed by atoms with Crippen LogP contribution in [0.5, 0.6) is 0 Å². The Balaban J connectivity index is 1.50. The van der Waals surface area contributed by atoms with Gasteiger partial charge in [-0.3, -0.25) is 9.59 Å². The maximum Gasteiger partial charge on any atom is 0.247 e. The summed E-state index contributed by atoms with van der Waals surface area (Å²) in [5.74, 6) is -0.623. The zero-order valence-electron chi connectivity index (χ0n) is 15.9. The quantitative estimate of drug-likeness (QED) is 0.662. The van der Waals surface area contributed by atoms with Crippen molar-refractivity contribution >= 4 is 50.9 Å². The normalized spacial score (nSPS) is 18.8. The lowest BCUT2D eigenvalue weighted by atomic mass is 10.2. The van der Waals surface area contributed by atoms with Gasteiger partial charge in [0.05, 0.1) is 10.6 Å². The van der Waals surface area contributed by atoms with E-state index in [2.05, 4.69) is 10.0 Å². The number of nitrogens with one attached hydrogen (secondary N) is 2. The average molecular weight is 466 g/mol. The second kappa shape index (κ2) is 8.58. The smallest absolute Gasteiger partial charge is 0.247 e. The molecule has 2 amide bonds. The van der Waals surface area contributed by atoms with Crippen molar-refractivity contribution in [1.82, 2.24) is 9.62 Å². The molecule has 0 bridgehead atoms. The molecular formula is C20H20ClN3O4S2. The Morgan fingerprint density at radius 1 is 1.20 bits per heavy atom. The Kier molecular flexibility index (Phi) is 6.06. The Morgan fingerprint density at radius 3 is 2.67 bits per heavy atom. The van der Waals surface area contributed by atoms with Gasteiger partial charge in [0, 0.05) is 29.6 Å². The first kappa shape index (κ1) is 21.2. The van der Waals surface area contributed by atoms with Crippen LogP contribution in [-0.4, -0.2) is 43.5 Å². The number of rotatable bonds is 5. The molecule has 1 saturated heterocycles. The lowest BCUT2D eigenvalue weighted by molar-refractivity contribution is -0.133. The fourth-order valence-corrected chi connectivity index (χ4v) is 5.71. The van der Waals surface area contributed by atoms with Gasteiger partial charge in [-0.05, 0) is 42.7 Å². The molecule has 2 aliphatic heterocycles. The van der Waals surface area contributed by atoms with Crippen LogP contribution in [-0.2, 0) is 26.2 Å². The summed E-state index contributed by atoms with van der Waals surface area (Å²) in [5, 5.41) is 2.31. The van der Waals surface area contributed by atoms with E-state index < -0.39 is 21.2 Å². The minimum Gasteiger partial charge on any atom is -0.341 e. The maximum atomic E-state index is 12.7. The van der Waals surface area contributed by atoms with Gasteiger partial charge in [0.25, 0.3) is 0 Å². The highest BCUT2D eigenvalue weighted by atomic mass is 35.5. The summed E-state index contributed by atoms with van der Waals surface area (Å²) in [6, 6.07) is 11.5. The monoisotopic (exact) mass is 465 g/mol. The van der Waals surface area contributed by atoms with Gasteiger partial charge >= 0.3 is 0 Å². The third kappa shape index (κ3) is 4.34. The second-order valence-electron chi connectivity index (χ2n) is 7.09. The summed E-state index contributed by atoms with van der Waals surface area (Å²) in [4.78, 5) is 27.5. The summed E-state index contributed by atoms with van der Waals surface area (Å²) >= 11 is 7.24. The van der Waals surface area contributed by atoms with Gasteiger partial charge in [0.2, 0.25) is 21.8 Å².